The van der Waals surface area contributed by atoms with Gasteiger partial charge in [0.25, 0.3) is 0 Å². The predicted molar refractivity (Wildman–Crippen MR) is 85.2 cm³/mol. The molecule has 1 aliphatic heterocycles. The Morgan fingerprint density at radius 2 is 2.00 bits per heavy atom. The molecule has 19 heavy (non-hydrogen) atoms. The van der Waals surface area contributed by atoms with Crippen molar-refractivity contribution in [1.29, 1.82) is 0 Å². The number of hydrogen-bond donors (Lipinski definition) is 2. The van der Waals surface area contributed by atoms with Gasteiger partial charge in [-0.1, -0.05) is 32.4 Å². The van der Waals surface area contributed by atoms with Gasteiger partial charge in [-0.15, -0.1) is 0 Å². The molecule has 1 aromatic rings. The van der Waals surface area contributed by atoms with Gasteiger partial charge in [-0.2, -0.15) is 0 Å². The molecule has 1 aliphatic rings. The monoisotopic (exact) mass is 277 g/mol. The minimum Gasteiger partial charge on any atom is -0.342 e. The molecular weight excluding hydrogens is 254 g/mol. The molecule has 0 aromatic heterocycles. The standard InChI is InChI=1S/C15H23N3S/c1-5-10-15(6-2)16-14(19)18(17-15)13-9-7-8-11(3)12(13)4/h7-9,17H,5-6,10H2,1-4H3,(H,16,19)/t15-/m0/s1. The first-order valence-corrected chi connectivity index (χ1v) is 7.40. The molecule has 2 rings (SSSR count). The average Bonchev–Trinajstić information content (AvgIpc) is 2.71. The van der Waals surface area contributed by atoms with Crippen LogP contribution in [-0.4, -0.2) is 10.8 Å². The summed E-state index contributed by atoms with van der Waals surface area (Å²) in [6, 6.07) is 6.32. The van der Waals surface area contributed by atoms with E-state index in [2.05, 4.69) is 56.6 Å². The van der Waals surface area contributed by atoms with E-state index in [1.54, 1.807) is 0 Å². The number of hydrogen-bond acceptors (Lipinski definition) is 2. The van der Waals surface area contributed by atoms with E-state index in [9.17, 15) is 0 Å². The zero-order chi connectivity index (χ0) is 14.0. The van der Waals surface area contributed by atoms with Crippen molar-refractivity contribution in [3.8, 4) is 0 Å². The zero-order valence-electron chi connectivity index (χ0n) is 12.2. The second kappa shape index (κ2) is 5.47. The van der Waals surface area contributed by atoms with Gasteiger partial charge in [0.2, 0.25) is 0 Å². The Kier molecular flexibility index (Phi) is 4.11. The summed E-state index contributed by atoms with van der Waals surface area (Å²) < 4.78 is 0. The van der Waals surface area contributed by atoms with Gasteiger partial charge in [0.15, 0.2) is 5.11 Å². The summed E-state index contributed by atoms with van der Waals surface area (Å²) in [7, 11) is 0. The van der Waals surface area contributed by atoms with Gasteiger partial charge in [-0.05, 0) is 56.1 Å². The van der Waals surface area contributed by atoms with Crippen LogP contribution in [0.2, 0.25) is 0 Å². The van der Waals surface area contributed by atoms with Crippen molar-refractivity contribution in [2.75, 3.05) is 5.01 Å². The van der Waals surface area contributed by atoms with Crippen molar-refractivity contribution < 1.29 is 0 Å². The third-order valence-electron chi connectivity index (χ3n) is 3.97. The highest BCUT2D eigenvalue weighted by molar-refractivity contribution is 7.80. The Hall–Kier alpha value is -1.13. The maximum atomic E-state index is 5.51. The van der Waals surface area contributed by atoms with Crippen LogP contribution in [0.1, 0.15) is 44.2 Å². The summed E-state index contributed by atoms with van der Waals surface area (Å²) in [6.45, 7) is 8.65. The molecule has 0 bridgehead atoms. The van der Waals surface area contributed by atoms with Gasteiger partial charge in [-0.25, -0.2) is 10.4 Å². The third-order valence-corrected chi connectivity index (χ3v) is 4.26. The molecule has 1 aromatic carbocycles. The third kappa shape index (κ3) is 2.60. The number of nitrogens with zero attached hydrogens (tertiary/aromatic N) is 1. The van der Waals surface area contributed by atoms with Gasteiger partial charge in [0.05, 0.1) is 5.69 Å². The maximum Gasteiger partial charge on any atom is 0.189 e. The molecular formula is C15H23N3S. The number of thiocarbonyl (C=S) groups is 1. The van der Waals surface area contributed by atoms with Crippen LogP contribution in [0, 0.1) is 13.8 Å². The van der Waals surface area contributed by atoms with E-state index < -0.39 is 0 Å². The fraction of sp³-hybridized carbons (Fsp3) is 0.533. The molecule has 1 heterocycles. The van der Waals surface area contributed by atoms with Crippen LogP contribution < -0.4 is 15.8 Å². The predicted octanol–water partition coefficient (Wildman–Crippen LogP) is 3.41. The second-order valence-electron chi connectivity index (χ2n) is 5.28. The Morgan fingerprint density at radius 3 is 2.63 bits per heavy atom. The number of aryl methyl sites for hydroxylation is 1. The molecule has 1 fully saturated rings. The Bertz CT molecular complexity index is 486. The van der Waals surface area contributed by atoms with Crippen molar-refractivity contribution in [1.82, 2.24) is 10.7 Å². The topological polar surface area (TPSA) is 27.3 Å². The summed E-state index contributed by atoms with van der Waals surface area (Å²) in [4.78, 5) is 0. The average molecular weight is 277 g/mol. The lowest BCUT2D eigenvalue weighted by Crippen LogP contribution is -2.50. The minimum atomic E-state index is -0.0952. The molecule has 2 N–H and O–H groups in total. The number of benzene rings is 1. The van der Waals surface area contributed by atoms with E-state index in [0.29, 0.717) is 0 Å². The van der Waals surface area contributed by atoms with E-state index in [-0.39, 0.29) is 5.66 Å². The fourth-order valence-corrected chi connectivity index (χ4v) is 2.93. The molecule has 0 aliphatic carbocycles. The lowest BCUT2D eigenvalue weighted by molar-refractivity contribution is 0.300. The second-order valence-corrected chi connectivity index (χ2v) is 5.67. The summed E-state index contributed by atoms with van der Waals surface area (Å²) in [5, 5.41) is 6.25. The molecule has 0 spiro atoms. The first-order valence-electron chi connectivity index (χ1n) is 6.99. The summed E-state index contributed by atoms with van der Waals surface area (Å²) in [5.74, 6) is 0. The normalized spacial score (nSPS) is 22.7. The van der Waals surface area contributed by atoms with Gasteiger partial charge in [0.1, 0.15) is 5.66 Å². The van der Waals surface area contributed by atoms with Crippen LogP contribution in [0.15, 0.2) is 18.2 Å². The van der Waals surface area contributed by atoms with Crippen LogP contribution in [0.25, 0.3) is 0 Å². The molecule has 1 atom stereocenters. The number of hydrazine groups is 1. The maximum absolute atomic E-state index is 5.51. The highest BCUT2D eigenvalue weighted by atomic mass is 32.1. The summed E-state index contributed by atoms with van der Waals surface area (Å²) in [5.41, 5.74) is 7.17. The molecule has 3 nitrogen and oxygen atoms in total. The molecule has 0 radical (unpaired) electrons. The van der Waals surface area contributed by atoms with Crippen LogP contribution in [0.4, 0.5) is 5.69 Å². The van der Waals surface area contributed by atoms with Crippen molar-refractivity contribution in [2.45, 2.75) is 52.6 Å². The summed E-state index contributed by atoms with van der Waals surface area (Å²) >= 11 is 5.51. The Morgan fingerprint density at radius 1 is 1.26 bits per heavy atom. The zero-order valence-corrected chi connectivity index (χ0v) is 13.0. The minimum absolute atomic E-state index is 0.0952. The Balaban J connectivity index is 2.32. The highest BCUT2D eigenvalue weighted by Crippen LogP contribution is 2.28. The van der Waals surface area contributed by atoms with E-state index in [0.717, 1.165) is 30.1 Å². The van der Waals surface area contributed by atoms with Gasteiger partial charge >= 0.3 is 0 Å². The lowest BCUT2D eigenvalue weighted by atomic mass is 10.0. The first-order chi connectivity index (χ1) is 9.03. The van der Waals surface area contributed by atoms with E-state index in [1.165, 1.54) is 11.1 Å². The number of nitrogens with one attached hydrogen (secondary N) is 2. The largest absolute Gasteiger partial charge is 0.342 e. The smallest absolute Gasteiger partial charge is 0.189 e. The van der Waals surface area contributed by atoms with Crippen molar-refractivity contribution in [3.05, 3.63) is 29.3 Å². The van der Waals surface area contributed by atoms with Crippen molar-refractivity contribution in [3.63, 3.8) is 0 Å². The first kappa shape index (κ1) is 14.3. The molecule has 1 saturated heterocycles. The molecule has 104 valence electrons. The van der Waals surface area contributed by atoms with Crippen LogP contribution in [-0.2, 0) is 0 Å². The van der Waals surface area contributed by atoms with E-state index in [4.69, 9.17) is 12.2 Å². The van der Waals surface area contributed by atoms with Crippen LogP contribution >= 0.6 is 12.2 Å². The molecule has 4 heteroatoms. The van der Waals surface area contributed by atoms with E-state index >= 15 is 0 Å². The SMILES string of the molecule is CCC[C@@]1(CC)NC(=S)N(c2cccc(C)c2C)N1. The number of rotatable bonds is 4. The van der Waals surface area contributed by atoms with Crippen LogP contribution in [0.3, 0.4) is 0 Å². The van der Waals surface area contributed by atoms with E-state index in [1.807, 2.05) is 5.01 Å². The quantitative estimate of drug-likeness (QED) is 0.825. The van der Waals surface area contributed by atoms with Gasteiger partial charge in [-0.3, -0.25) is 0 Å². The Labute approximate surface area is 121 Å². The van der Waals surface area contributed by atoms with Gasteiger partial charge in [0, 0.05) is 0 Å². The highest BCUT2D eigenvalue weighted by Gasteiger charge is 2.38. The van der Waals surface area contributed by atoms with Gasteiger partial charge < -0.3 is 5.32 Å². The molecule has 0 unspecified atom stereocenters. The fourth-order valence-electron chi connectivity index (χ4n) is 2.59. The van der Waals surface area contributed by atoms with Crippen molar-refractivity contribution in [2.24, 2.45) is 0 Å². The lowest BCUT2D eigenvalue weighted by Gasteiger charge is -2.28. The molecule has 0 saturated carbocycles. The van der Waals surface area contributed by atoms with Crippen molar-refractivity contribution >= 4 is 23.0 Å². The van der Waals surface area contributed by atoms with Crippen LogP contribution in [0.5, 0.6) is 0 Å². The summed E-state index contributed by atoms with van der Waals surface area (Å²) in [6.07, 6.45) is 3.18. The molecule has 0 amide bonds. The number of anilines is 1.